The van der Waals surface area contributed by atoms with E-state index in [1.807, 2.05) is 0 Å². The van der Waals surface area contributed by atoms with Gasteiger partial charge >= 0.3 is 0 Å². The summed E-state index contributed by atoms with van der Waals surface area (Å²) in [6.45, 7) is 11.5. The highest BCUT2D eigenvalue weighted by Crippen LogP contribution is 2.34. The molecule has 8 heavy (non-hydrogen) atoms. The molecule has 0 heterocycles. The van der Waals surface area contributed by atoms with Crippen molar-refractivity contribution in [3.8, 4) is 0 Å². The van der Waals surface area contributed by atoms with Gasteiger partial charge in [0.15, 0.2) is 0 Å². The first-order chi connectivity index (χ1) is 3.42. The van der Waals surface area contributed by atoms with Crippen LogP contribution in [0, 0.1) is 0 Å². The van der Waals surface area contributed by atoms with E-state index in [1.54, 1.807) is 0 Å². The van der Waals surface area contributed by atoms with E-state index in [2.05, 4.69) is 34.6 Å². The van der Waals surface area contributed by atoms with Crippen molar-refractivity contribution >= 4 is 8.58 Å². The van der Waals surface area contributed by atoms with Gasteiger partial charge in [0.2, 0.25) is 0 Å². The molecule has 0 saturated carbocycles. The predicted octanol–water partition coefficient (Wildman–Crippen LogP) is 2.87. The molecule has 0 aromatic carbocycles. The summed E-state index contributed by atoms with van der Waals surface area (Å²) in [6.07, 6.45) is 0. The van der Waals surface area contributed by atoms with Gasteiger partial charge < -0.3 is 0 Å². The molecule has 0 radical (unpaired) electrons. The molecule has 0 aliphatic rings. The van der Waals surface area contributed by atoms with E-state index in [0.29, 0.717) is 5.16 Å². The molecule has 0 N–H and O–H groups in total. The summed E-state index contributed by atoms with van der Waals surface area (Å²) in [6, 6.07) is 0. The van der Waals surface area contributed by atoms with Crippen LogP contribution in [-0.4, -0.2) is 10.8 Å². The Hall–Kier alpha value is 0.430. The minimum absolute atomic E-state index is 0.550. The SMILES string of the molecule is CC(C)PC(C)(C)C. The van der Waals surface area contributed by atoms with Gasteiger partial charge in [0.25, 0.3) is 0 Å². The highest BCUT2D eigenvalue weighted by atomic mass is 31.1. The highest BCUT2D eigenvalue weighted by Gasteiger charge is 2.10. The maximum absolute atomic E-state index is 2.30. The van der Waals surface area contributed by atoms with Crippen LogP contribution in [0.4, 0.5) is 0 Å². The van der Waals surface area contributed by atoms with Gasteiger partial charge in [0.1, 0.15) is 0 Å². The second-order valence-corrected chi connectivity index (χ2v) is 6.49. The normalized spacial score (nSPS) is 14.2. The monoisotopic (exact) mass is 132 g/mol. The molecular formula is C7H17P. The average Bonchev–Trinajstić information content (AvgIpc) is 1.21. The van der Waals surface area contributed by atoms with Crippen molar-refractivity contribution in [1.82, 2.24) is 0 Å². The van der Waals surface area contributed by atoms with Crippen LogP contribution in [-0.2, 0) is 0 Å². The molecule has 50 valence electrons. The molecule has 0 fully saturated rings. The Labute approximate surface area is 54.8 Å². The summed E-state index contributed by atoms with van der Waals surface area (Å²) in [5, 5.41) is 0.550. The first kappa shape index (κ1) is 8.43. The highest BCUT2D eigenvalue weighted by molar-refractivity contribution is 7.40. The smallest absolute Gasteiger partial charge is 0.0205 e. The molecular weight excluding hydrogens is 115 g/mol. The molecule has 0 aliphatic carbocycles. The van der Waals surface area contributed by atoms with E-state index in [9.17, 15) is 0 Å². The van der Waals surface area contributed by atoms with Crippen LogP contribution < -0.4 is 0 Å². The average molecular weight is 132 g/mol. The van der Waals surface area contributed by atoms with Crippen molar-refractivity contribution in [3.63, 3.8) is 0 Å². The molecule has 0 amide bonds. The summed E-state index contributed by atoms with van der Waals surface area (Å²) >= 11 is 0. The minimum atomic E-state index is 0.550. The van der Waals surface area contributed by atoms with Crippen LogP contribution in [0.25, 0.3) is 0 Å². The molecule has 0 aromatic rings. The Kier molecular flexibility index (Phi) is 2.98. The third-order valence-corrected chi connectivity index (χ3v) is 2.17. The summed E-state index contributed by atoms with van der Waals surface area (Å²) in [7, 11) is 1.10. The van der Waals surface area contributed by atoms with Crippen molar-refractivity contribution in [1.29, 1.82) is 0 Å². The van der Waals surface area contributed by atoms with Crippen molar-refractivity contribution in [2.45, 2.75) is 45.4 Å². The van der Waals surface area contributed by atoms with E-state index >= 15 is 0 Å². The van der Waals surface area contributed by atoms with Gasteiger partial charge in [-0.1, -0.05) is 34.6 Å². The van der Waals surface area contributed by atoms with Gasteiger partial charge in [0, 0.05) is 0 Å². The van der Waals surface area contributed by atoms with Gasteiger partial charge in [-0.05, 0) is 10.8 Å². The standard InChI is InChI=1S/C7H17P/c1-6(2)8-7(3,4)5/h6,8H,1-5H3. The zero-order chi connectivity index (χ0) is 6.78. The Bertz CT molecular complexity index is 59.3. The van der Waals surface area contributed by atoms with Gasteiger partial charge in [-0.25, -0.2) is 0 Å². The zero-order valence-electron chi connectivity index (χ0n) is 6.58. The third-order valence-electron chi connectivity index (χ3n) is 0.722. The van der Waals surface area contributed by atoms with Crippen LogP contribution in [0.2, 0.25) is 0 Å². The van der Waals surface area contributed by atoms with E-state index in [1.165, 1.54) is 0 Å². The van der Waals surface area contributed by atoms with E-state index < -0.39 is 0 Å². The van der Waals surface area contributed by atoms with Crippen LogP contribution in [0.3, 0.4) is 0 Å². The van der Waals surface area contributed by atoms with Crippen molar-refractivity contribution in [2.24, 2.45) is 0 Å². The Morgan fingerprint density at radius 2 is 1.50 bits per heavy atom. The lowest BCUT2D eigenvalue weighted by molar-refractivity contribution is 0.784. The molecule has 1 heteroatoms. The molecule has 0 rings (SSSR count). The van der Waals surface area contributed by atoms with Crippen LogP contribution >= 0.6 is 8.58 Å². The fourth-order valence-electron chi connectivity index (χ4n) is 0.866. The minimum Gasteiger partial charge on any atom is -0.114 e. The Morgan fingerprint density at radius 1 is 1.12 bits per heavy atom. The molecule has 0 aliphatic heterocycles. The summed E-state index contributed by atoms with van der Waals surface area (Å²) in [5.74, 6) is 0. The fraction of sp³-hybridized carbons (Fsp3) is 1.00. The second kappa shape index (κ2) is 2.82. The summed E-state index contributed by atoms with van der Waals surface area (Å²) in [4.78, 5) is 0. The van der Waals surface area contributed by atoms with E-state index in [-0.39, 0.29) is 0 Å². The van der Waals surface area contributed by atoms with Gasteiger partial charge in [-0.3, -0.25) is 0 Å². The Morgan fingerprint density at radius 3 is 1.50 bits per heavy atom. The molecule has 0 nitrogen and oxygen atoms in total. The summed E-state index contributed by atoms with van der Waals surface area (Å²) in [5.41, 5.74) is 0.870. The lowest BCUT2D eigenvalue weighted by Gasteiger charge is -2.20. The second-order valence-electron chi connectivity index (χ2n) is 3.55. The molecule has 1 unspecified atom stereocenters. The number of hydrogen-bond acceptors (Lipinski definition) is 0. The topological polar surface area (TPSA) is 0 Å². The largest absolute Gasteiger partial charge is 0.114 e. The van der Waals surface area contributed by atoms with Crippen molar-refractivity contribution in [3.05, 3.63) is 0 Å². The first-order valence-corrected chi connectivity index (χ1v) is 4.27. The molecule has 0 saturated heterocycles. The van der Waals surface area contributed by atoms with E-state index in [0.717, 1.165) is 14.2 Å². The van der Waals surface area contributed by atoms with Crippen molar-refractivity contribution in [2.75, 3.05) is 0 Å². The van der Waals surface area contributed by atoms with Gasteiger partial charge in [0.05, 0.1) is 0 Å². The maximum Gasteiger partial charge on any atom is -0.0205 e. The quantitative estimate of drug-likeness (QED) is 0.481. The molecule has 0 aromatic heterocycles. The molecule has 1 atom stereocenters. The number of hydrogen-bond donors (Lipinski definition) is 0. The predicted molar refractivity (Wildman–Crippen MR) is 43.2 cm³/mol. The maximum atomic E-state index is 2.30. The van der Waals surface area contributed by atoms with Crippen LogP contribution in [0.1, 0.15) is 34.6 Å². The van der Waals surface area contributed by atoms with Crippen molar-refractivity contribution < 1.29 is 0 Å². The third kappa shape index (κ3) is 6.43. The Balaban J connectivity index is 3.39. The van der Waals surface area contributed by atoms with Gasteiger partial charge in [-0.2, -0.15) is 0 Å². The van der Waals surface area contributed by atoms with Crippen LogP contribution in [0.5, 0.6) is 0 Å². The van der Waals surface area contributed by atoms with Gasteiger partial charge in [-0.15, -0.1) is 8.58 Å². The zero-order valence-corrected chi connectivity index (χ0v) is 7.58. The first-order valence-electron chi connectivity index (χ1n) is 3.19. The summed E-state index contributed by atoms with van der Waals surface area (Å²) < 4.78 is 0. The molecule has 0 spiro atoms. The lowest BCUT2D eigenvalue weighted by Crippen LogP contribution is -2.08. The fourth-order valence-corrected chi connectivity index (χ4v) is 2.60. The van der Waals surface area contributed by atoms with Crippen LogP contribution in [0.15, 0.2) is 0 Å². The lowest BCUT2D eigenvalue weighted by atomic mass is 10.3. The molecule has 0 bridgehead atoms. The van der Waals surface area contributed by atoms with E-state index in [4.69, 9.17) is 0 Å². The number of rotatable bonds is 1.